The lowest BCUT2D eigenvalue weighted by Gasteiger charge is -2.22. The van der Waals surface area contributed by atoms with Gasteiger partial charge in [-0.1, -0.05) is 6.07 Å². The van der Waals surface area contributed by atoms with Gasteiger partial charge in [0, 0.05) is 12.3 Å². The maximum atomic E-state index is 12.2. The maximum absolute atomic E-state index is 12.2. The Bertz CT molecular complexity index is 464. The Morgan fingerprint density at radius 3 is 2.81 bits per heavy atom. The monoisotopic (exact) mass is 241 g/mol. The van der Waals surface area contributed by atoms with Crippen molar-refractivity contribution in [3.8, 4) is 0 Å². The van der Waals surface area contributed by atoms with Gasteiger partial charge >= 0.3 is 0 Å². The van der Waals surface area contributed by atoms with Crippen LogP contribution in [0.15, 0.2) is 29.2 Å². The van der Waals surface area contributed by atoms with E-state index < -0.39 is 15.1 Å². The molecule has 2 N–H and O–H groups in total. The molecule has 0 aromatic heterocycles. The van der Waals surface area contributed by atoms with Crippen LogP contribution >= 0.6 is 0 Å². The summed E-state index contributed by atoms with van der Waals surface area (Å²) in [5, 5.41) is -0.428. The Hall–Kier alpha value is -1.07. The number of rotatable bonds is 2. The highest BCUT2D eigenvalue weighted by molar-refractivity contribution is 7.92. The van der Waals surface area contributed by atoms with Crippen molar-refractivity contribution in [2.75, 3.05) is 18.9 Å². The summed E-state index contributed by atoms with van der Waals surface area (Å²) in [4.78, 5) is 0.294. The lowest BCUT2D eigenvalue weighted by atomic mass is 10.2. The van der Waals surface area contributed by atoms with E-state index in [0.717, 1.165) is 6.42 Å². The average Bonchev–Trinajstić information content (AvgIpc) is 2.30. The van der Waals surface area contributed by atoms with Crippen LogP contribution in [0.4, 0.5) is 5.69 Å². The van der Waals surface area contributed by atoms with E-state index in [-0.39, 0.29) is 6.61 Å². The summed E-state index contributed by atoms with van der Waals surface area (Å²) >= 11 is 0. The number of ether oxygens (including phenoxy) is 1. The smallest absolute Gasteiger partial charge is 0.183 e. The highest BCUT2D eigenvalue weighted by Crippen LogP contribution is 2.23. The van der Waals surface area contributed by atoms with Gasteiger partial charge < -0.3 is 10.5 Å². The number of benzene rings is 1. The maximum Gasteiger partial charge on any atom is 0.183 e. The van der Waals surface area contributed by atoms with Crippen LogP contribution in [0.1, 0.15) is 12.8 Å². The van der Waals surface area contributed by atoms with Crippen LogP contribution in [0.25, 0.3) is 0 Å². The molecule has 1 heterocycles. The zero-order chi connectivity index (χ0) is 11.6. The standard InChI is InChI=1S/C11H15NO3S/c12-9-3-1-4-10(7-9)16(13,14)11-5-2-6-15-8-11/h1,3-4,7,11H,2,5-6,8,12H2. The third-order valence-corrected chi connectivity index (χ3v) is 4.90. The van der Waals surface area contributed by atoms with E-state index in [4.69, 9.17) is 10.5 Å². The molecule has 0 bridgehead atoms. The van der Waals surface area contributed by atoms with E-state index in [1.807, 2.05) is 0 Å². The van der Waals surface area contributed by atoms with Crippen molar-refractivity contribution in [3.05, 3.63) is 24.3 Å². The van der Waals surface area contributed by atoms with Gasteiger partial charge in [0.25, 0.3) is 0 Å². The number of nitrogens with two attached hydrogens (primary N) is 1. The molecule has 1 aliphatic heterocycles. The molecule has 0 aliphatic carbocycles. The molecule has 1 aromatic carbocycles. The third-order valence-electron chi connectivity index (χ3n) is 2.74. The van der Waals surface area contributed by atoms with Crippen molar-refractivity contribution in [1.29, 1.82) is 0 Å². The molecular formula is C11H15NO3S. The molecule has 1 unspecified atom stereocenters. The molecule has 0 spiro atoms. The highest BCUT2D eigenvalue weighted by atomic mass is 32.2. The average molecular weight is 241 g/mol. The van der Waals surface area contributed by atoms with Gasteiger partial charge in [-0.3, -0.25) is 0 Å². The highest BCUT2D eigenvalue weighted by Gasteiger charge is 2.29. The molecule has 16 heavy (non-hydrogen) atoms. The van der Waals surface area contributed by atoms with Crippen LogP contribution < -0.4 is 5.73 Å². The normalized spacial score (nSPS) is 21.9. The van der Waals surface area contributed by atoms with Crippen LogP contribution in [-0.4, -0.2) is 26.9 Å². The van der Waals surface area contributed by atoms with Crippen LogP contribution in [0, 0.1) is 0 Å². The van der Waals surface area contributed by atoms with Crippen LogP contribution in [0.3, 0.4) is 0 Å². The van der Waals surface area contributed by atoms with E-state index >= 15 is 0 Å². The van der Waals surface area contributed by atoms with Gasteiger partial charge in [-0.15, -0.1) is 0 Å². The van der Waals surface area contributed by atoms with Crippen molar-refractivity contribution < 1.29 is 13.2 Å². The molecule has 1 fully saturated rings. The predicted molar refractivity (Wildman–Crippen MR) is 61.9 cm³/mol. The molecule has 2 rings (SSSR count). The van der Waals surface area contributed by atoms with Gasteiger partial charge in [0.15, 0.2) is 9.84 Å². The van der Waals surface area contributed by atoms with E-state index in [1.54, 1.807) is 18.2 Å². The SMILES string of the molecule is Nc1cccc(S(=O)(=O)C2CCCOC2)c1. The summed E-state index contributed by atoms with van der Waals surface area (Å²) in [6.45, 7) is 0.945. The topological polar surface area (TPSA) is 69.4 Å². The Labute approximate surface area is 95.3 Å². The molecule has 0 amide bonds. The molecule has 0 radical (unpaired) electrons. The van der Waals surface area contributed by atoms with E-state index in [0.29, 0.717) is 23.6 Å². The first-order chi connectivity index (χ1) is 7.60. The molecule has 1 aromatic rings. The summed E-state index contributed by atoms with van der Waals surface area (Å²) in [5.74, 6) is 0. The Morgan fingerprint density at radius 1 is 1.38 bits per heavy atom. The quantitative estimate of drug-likeness (QED) is 0.790. The molecule has 88 valence electrons. The molecule has 4 nitrogen and oxygen atoms in total. The van der Waals surface area contributed by atoms with Crippen LogP contribution in [0.2, 0.25) is 0 Å². The minimum absolute atomic E-state index is 0.289. The fourth-order valence-corrected chi connectivity index (χ4v) is 3.55. The largest absolute Gasteiger partial charge is 0.399 e. The van der Waals surface area contributed by atoms with Crippen molar-refractivity contribution in [2.24, 2.45) is 0 Å². The number of hydrogen-bond donors (Lipinski definition) is 1. The third kappa shape index (κ3) is 2.20. The van der Waals surface area contributed by atoms with Crippen molar-refractivity contribution >= 4 is 15.5 Å². The summed E-state index contributed by atoms with van der Waals surface area (Å²) in [6, 6.07) is 6.42. The molecular weight excluding hydrogens is 226 g/mol. The molecule has 1 aliphatic rings. The summed E-state index contributed by atoms with van der Waals surface area (Å²) in [6.07, 6.45) is 1.46. The number of anilines is 1. The van der Waals surface area contributed by atoms with Crippen molar-refractivity contribution in [3.63, 3.8) is 0 Å². The van der Waals surface area contributed by atoms with Crippen LogP contribution in [-0.2, 0) is 14.6 Å². The fourth-order valence-electron chi connectivity index (χ4n) is 1.84. The summed E-state index contributed by atoms with van der Waals surface area (Å²) in [5.41, 5.74) is 6.06. The van der Waals surface area contributed by atoms with E-state index in [1.165, 1.54) is 6.07 Å². The summed E-state index contributed by atoms with van der Waals surface area (Å²) in [7, 11) is -3.29. The van der Waals surface area contributed by atoms with Gasteiger partial charge in [-0.2, -0.15) is 0 Å². The second-order valence-corrected chi connectivity index (χ2v) is 6.18. The molecule has 1 saturated heterocycles. The van der Waals surface area contributed by atoms with Gasteiger partial charge in [0.1, 0.15) is 0 Å². The lowest BCUT2D eigenvalue weighted by Crippen LogP contribution is -2.30. The van der Waals surface area contributed by atoms with E-state index in [2.05, 4.69) is 0 Å². The van der Waals surface area contributed by atoms with Crippen LogP contribution in [0.5, 0.6) is 0 Å². The molecule has 1 atom stereocenters. The Kier molecular flexibility index (Phi) is 3.16. The Morgan fingerprint density at radius 2 is 2.19 bits per heavy atom. The zero-order valence-corrected chi connectivity index (χ0v) is 9.74. The molecule has 0 saturated carbocycles. The Balaban J connectivity index is 2.30. The summed E-state index contributed by atoms with van der Waals surface area (Å²) < 4.78 is 29.6. The first kappa shape index (κ1) is 11.4. The van der Waals surface area contributed by atoms with Gasteiger partial charge in [0.05, 0.1) is 16.8 Å². The minimum Gasteiger partial charge on any atom is -0.399 e. The van der Waals surface area contributed by atoms with Gasteiger partial charge in [-0.25, -0.2) is 8.42 Å². The van der Waals surface area contributed by atoms with Crippen molar-refractivity contribution in [1.82, 2.24) is 0 Å². The second kappa shape index (κ2) is 4.43. The predicted octanol–water partition coefficient (Wildman–Crippen LogP) is 1.22. The number of nitrogen functional groups attached to an aromatic ring is 1. The first-order valence-corrected chi connectivity index (χ1v) is 6.82. The minimum atomic E-state index is -3.29. The van der Waals surface area contributed by atoms with Crippen molar-refractivity contribution in [2.45, 2.75) is 23.0 Å². The zero-order valence-electron chi connectivity index (χ0n) is 8.93. The van der Waals surface area contributed by atoms with Gasteiger partial charge in [0.2, 0.25) is 0 Å². The first-order valence-electron chi connectivity index (χ1n) is 5.28. The number of sulfone groups is 1. The number of hydrogen-bond acceptors (Lipinski definition) is 4. The fraction of sp³-hybridized carbons (Fsp3) is 0.455. The van der Waals surface area contributed by atoms with E-state index in [9.17, 15) is 8.42 Å². The second-order valence-electron chi connectivity index (χ2n) is 3.96. The van der Waals surface area contributed by atoms with Gasteiger partial charge in [-0.05, 0) is 31.0 Å². The lowest BCUT2D eigenvalue weighted by molar-refractivity contribution is 0.0991. The molecule has 5 heteroatoms.